The zero-order valence-corrected chi connectivity index (χ0v) is 10.3. The number of aromatic nitrogens is 3. The lowest BCUT2D eigenvalue weighted by molar-refractivity contribution is 0.225. The van der Waals surface area contributed by atoms with Crippen molar-refractivity contribution in [1.29, 1.82) is 0 Å². The molecule has 0 saturated carbocycles. The van der Waals surface area contributed by atoms with Crippen LogP contribution in [0.4, 0.5) is 0 Å². The Bertz CT molecular complexity index is 638. The second-order valence-corrected chi connectivity index (χ2v) is 4.96. The summed E-state index contributed by atoms with van der Waals surface area (Å²) in [6.45, 7) is 7.96. The molecule has 3 rings (SSSR count). The summed E-state index contributed by atoms with van der Waals surface area (Å²) in [6, 6.07) is 2.06. The van der Waals surface area contributed by atoms with Crippen LogP contribution in [0.2, 0.25) is 0 Å². The fraction of sp³-hybridized carbons (Fsp3) is 0.500. The lowest BCUT2D eigenvalue weighted by atomic mass is 10.3. The van der Waals surface area contributed by atoms with Crippen molar-refractivity contribution in [3.8, 4) is 0 Å². The quantitative estimate of drug-likeness (QED) is 0.799. The molecule has 0 spiro atoms. The van der Waals surface area contributed by atoms with Crippen LogP contribution < -0.4 is 5.56 Å². The van der Waals surface area contributed by atoms with E-state index in [4.69, 9.17) is 0 Å². The van der Waals surface area contributed by atoms with Gasteiger partial charge in [0.05, 0.1) is 5.69 Å². The predicted octanol–water partition coefficient (Wildman–Crippen LogP) is 1.06. The van der Waals surface area contributed by atoms with E-state index in [2.05, 4.69) is 28.8 Å². The standard InChI is InChI=1S/C12H16N4O/c1-7(2)15-5-9-10(6-15)14-16-11(17)4-8(3)13-12(9)16/h4,7,14H,5-6H2,1-3H3. The summed E-state index contributed by atoms with van der Waals surface area (Å²) in [7, 11) is 0. The summed E-state index contributed by atoms with van der Waals surface area (Å²) in [6.07, 6.45) is 0. The Morgan fingerprint density at radius 1 is 1.41 bits per heavy atom. The number of aromatic amines is 1. The molecule has 17 heavy (non-hydrogen) atoms. The second kappa shape index (κ2) is 3.43. The van der Waals surface area contributed by atoms with E-state index in [1.807, 2.05) is 6.92 Å². The van der Waals surface area contributed by atoms with Crippen LogP contribution >= 0.6 is 0 Å². The maximum absolute atomic E-state index is 11.8. The molecule has 0 saturated heterocycles. The summed E-state index contributed by atoms with van der Waals surface area (Å²) in [5, 5.41) is 3.16. The van der Waals surface area contributed by atoms with Gasteiger partial charge in [-0.2, -0.15) is 0 Å². The molecule has 0 radical (unpaired) electrons. The smallest absolute Gasteiger partial charge is 0.272 e. The van der Waals surface area contributed by atoms with Gasteiger partial charge in [0, 0.05) is 36.5 Å². The summed E-state index contributed by atoms with van der Waals surface area (Å²) in [5.41, 5.74) is 3.82. The minimum atomic E-state index is -0.0296. The number of rotatable bonds is 1. The van der Waals surface area contributed by atoms with Gasteiger partial charge in [0.1, 0.15) is 0 Å². The van der Waals surface area contributed by atoms with E-state index >= 15 is 0 Å². The van der Waals surface area contributed by atoms with E-state index in [0.29, 0.717) is 6.04 Å². The Kier molecular flexibility index (Phi) is 2.13. The van der Waals surface area contributed by atoms with Gasteiger partial charge in [-0.1, -0.05) is 0 Å². The van der Waals surface area contributed by atoms with Gasteiger partial charge in [-0.3, -0.25) is 14.8 Å². The predicted molar refractivity (Wildman–Crippen MR) is 64.9 cm³/mol. The maximum atomic E-state index is 11.8. The van der Waals surface area contributed by atoms with Crippen LogP contribution in [0.15, 0.2) is 10.9 Å². The van der Waals surface area contributed by atoms with Gasteiger partial charge in [0.25, 0.3) is 5.56 Å². The van der Waals surface area contributed by atoms with Crippen LogP contribution in [0.5, 0.6) is 0 Å². The van der Waals surface area contributed by atoms with Crippen LogP contribution in [0.25, 0.3) is 5.65 Å². The van der Waals surface area contributed by atoms with Crippen molar-refractivity contribution in [1.82, 2.24) is 19.5 Å². The first-order valence-electron chi connectivity index (χ1n) is 5.90. The van der Waals surface area contributed by atoms with E-state index in [-0.39, 0.29) is 5.56 Å². The minimum Gasteiger partial charge on any atom is -0.292 e. The van der Waals surface area contributed by atoms with Gasteiger partial charge in [0.15, 0.2) is 5.65 Å². The number of hydrogen-bond acceptors (Lipinski definition) is 3. The molecule has 1 aliphatic rings. The molecule has 1 aliphatic heterocycles. The molecule has 90 valence electrons. The molecule has 0 aliphatic carbocycles. The molecule has 2 aromatic heterocycles. The van der Waals surface area contributed by atoms with Crippen molar-refractivity contribution in [2.45, 2.75) is 39.9 Å². The summed E-state index contributed by atoms with van der Waals surface area (Å²) in [4.78, 5) is 18.6. The Labute approximate surface area is 99.1 Å². The fourth-order valence-electron chi connectivity index (χ4n) is 2.37. The average Bonchev–Trinajstić information content (AvgIpc) is 2.76. The SMILES string of the molecule is Cc1cc(=O)n2[nH]c3c(c2n1)CN(C(C)C)C3. The van der Waals surface area contributed by atoms with Crippen molar-refractivity contribution in [3.05, 3.63) is 33.4 Å². The zero-order chi connectivity index (χ0) is 12.2. The first kappa shape index (κ1) is 10.5. The highest BCUT2D eigenvalue weighted by atomic mass is 16.1. The molecule has 0 fully saturated rings. The van der Waals surface area contributed by atoms with Crippen LogP contribution in [0, 0.1) is 6.92 Å². The van der Waals surface area contributed by atoms with Crippen molar-refractivity contribution < 1.29 is 0 Å². The van der Waals surface area contributed by atoms with Crippen molar-refractivity contribution in [3.63, 3.8) is 0 Å². The molecule has 5 heteroatoms. The first-order chi connectivity index (χ1) is 8.06. The van der Waals surface area contributed by atoms with Gasteiger partial charge in [0.2, 0.25) is 0 Å². The van der Waals surface area contributed by atoms with Gasteiger partial charge < -0.3 is 0 Å². The normalized spacial score (nSPS) is 16.0. The maximum Gasteiger partial charge on any atom is 0.272 e. The van der Waals surface area contributed by atoms with Gasteiger partial charge in [-0.15, -0.1) is 0 Å². The third-order valence-electron chi connectivity index (χ3n) is 3.38. The van der Waals surface area contributed by atoms with Gasteiger partial charge in [-0.25, -0.2) is 9.50 Å². The highest BCUT2D eigenvalue weighted by molar-refractivity contribution is 5.51. The van der Waals surface area contributed by atoms with Crippen LogP contribution in [0.1, 0.15) is 30.8 Å². The van der Waals surface area contributed by atoms with Crippen LogP contribution in [-0.2, 0) is 13.1 Å². The third kappa shape index (κ3) is 1.50. The molecular formula is C12H16N4O. The Morgan fingerprint density at radius 3 is 2.88 bits per heavy atom. The number of fused-ring (bicyclic) bond motifs is 3. The summed E-state index contributed by atoms with van der Waals surface area (Å²) < 4.78 is 1.55. The summed E-state index contributed by atoms with van der Waals surface area (Å²) in [5.74, 6) is 0. The molecule has 0 aromatic carbocycles. The monoisotopic (exact) mass is 232 g/mol. The second-order valence-electron chi connectivity index (χ2n) is 4.96. The molecule has 2 aromatic rings. The van der Waals surface area contributed by atoms with Gasteiger partial charge in [-0.05, 0) is 20.8 Å². The molecule has 3 heterocycles. The number of aryl methyl sites for hydroxylation is 1. The zero-order valence-electron chi connectivity index (χ0n) is 10.3. The molecular weight excluding hydrogens is 216 g/mol. The number of hydrogen-bond donors (Lipinski definition) is 1. The highest BCUT2D eigenvalue weighted by Crippen LogP contribution is 2.25. The molecule has 0 bridgehead atoms. The van der Waals surface area contributed by atoms with Crippen molar-refractivity contribution >= 4 is 5.65 Å². The molecule has 1 N–H and O–H groups in total. The van der Waals surface area contributed by atoms with E-state index in [1.54, 1.807) is 10.6 Å². The number of nitrogens with zero attached hydrogens (tertiary/aromatic N) is 3. The Morgan fingerprint density at radius 2 is 2.18 bits per heavy atom. The van der Waals surface area contributed by atoms with E-state index in [0.717, 1.165) is 30.1 Å². The largest absolute Gasteiger partial charge is 0.292 e. The average molecular weight is 232 g/mol. The molecule has 0 atom stereocenters. The van der Waals surface area contributed by atoms with Crippen LogP contribution in [-0.4, -0.2) is 25.5 Å². The highest BCUT2D eigenvalue weighted by Gasteiger charge is 2.26. The van der Waals surface area contributed by atoms with E-state index in [9.17, 15) is 4.79 Å². The van der Waals surface area contributed by atoms with Crippen molar-refractivity contribution in [2.75, 3.05) is 0 Å². The molecule has 0 amide bonds. The fourth-order valence-corrected chi connectivity index (χ4v) is 2.37. The lowest BCUT2D eigenvalue weighted by Crippen LogP contribution is -2.26. The molecule has 5 nitrogen and oxygen atoms in total. The number of nitrogens with one attached hydrogen (secondary N) is 1. The van der Waals surface area contributed by atoms with Crippen molar-refractivity contribution in [2.24, 2.45) is 0 Å². The molecule has 0 unspecified atom stereocenters. The Hall–Kier alpha value is -1.62. The third-order valence-corrected chi connectivity index (χ3v) is 3.38. The first-order valence-corrected chi connectivity index (χ1v) is 5.90. The minimum absolute atomic E-state index is 0.0296. The van der Waals surface area contributed by atoms with Gasteiger partial charge >= 0.3 is 0 Å². The lowest BCUT2D eigenvalue weighted by Gasteiger charge is -2.19. The number of H-pyrrole nitrogens is 1. The van der Waals surface area contributed by atoms with E-state index in [1.165, 1.54) is 5.56 Å². The van der Waals surface area contributed by atoms with Crippen LogP contribution in [0.3, 0.4) is 0 Å². The van der Waals surface area contributed by atoms with E-state index < -0.39 is 0 Å². The topological polar surface area (TPSA) is 53.4 Å². The summed E-state index contributed by atoms with van der Waals surface area (Å²) >= 11 is 0. The Balaban J connectivity index is 2.18.